The summed E-state index contributed by atoms with van der Waals surface area (Å²) in [5.74, 6) is 0.939. The third-order valence-corrected chi connectivity index (χ3v) is 3.25. The van der Waals surface area contributed by atoms with Crippen LogP contribution in [-0.2, 0) is 12.8 Å². The summed E-state index contributed by atoms with van der Waals surface area (Å²) in [5, 5.41) is 1.11. The van der Waals surface area contributed by atoms with Crippen molar-refractivity contribution in [2.75, 3.05) is 0 Å². The first-order chi connectivity index (χ1) is 9.42. The third kappa shape index (κ3) is 2.97. The van der Waals surface area contributed by atoms with Gasteiger partial charge < -0.3 is 0 Å². The molecule has 94 valence electrons. The predicted molar refractivity (Wildman–Crippen MR) is 78.0 cm³/mol. The van der Waals surface area contributed by atoms with Crippen LogP contribution in [0.15, 0.2) is 60.8 Å². The van der Waals surface area contributed by atoms with Gasteiger partial charge in [-0.15, -0.1) is 0 Å². The van der Waals surface area contributed by atoms with Gasteiger partial charge >= 0.3 is 0 Å². The van der Waals surface area contributed by atoms with Crippen LogP contribution in [0.4, 0.5) is 0 Å². The summed E-state index contributed by atoms with van der Waals surface area (Å²) in [6, 6.07) is 18.7. The standard InChI is InChI=1S/C17H16N2/c1-2-7-14(8-3-1)9-6-12-17-18-13-15-10-4-5-11-16(15)19-17/h1-5,7-8,10-11,13H,6,9,12H2. The van der Waals surface area contributed by atoms with E-state index in [-0.39, 0.29) is 0 Å². The maximum absolute atomic E-state index is 4.60. The number of hydrogen-bond donors (Lipinski definition) is 0. The largest absolute Gasteiger partial charge is 0.241 e. The molecule has 3 rings (SSSR count). The van der Waals surface area contributed by atoms with Gasteiger partial charge in [-0.2, -0.15) is 0 Å². The van der Waals surface area contributed by atoms with E-state index in [1.54, 1.807) is 0 Å². The van der Waals surface area contributed by atoms with Gasteiger partial charge in [0, 0.05) is 18.0 Å². The lowest BCUT2D eigenvalue weighted by molar-refractivity contribution is 0.776. The van der Waals surface area contributed by atoms with Gasteiger partial charge in [-0.3, -0.25) is 0 Å². The van der Waals surface area contributed by atoms with Crippen molar-refractivity contribution in [1.29, 1.82) is 0 Å². The second-order valence-electron chi connectivity index (χ2n) is 4.68. The van der Waals surface area contributed by atoms with Crippen LogP contribution in [0.5, 0.6) is 0 Å². The quantitative estimate of drug-likeness (QED) is 0.701. The molecule has 0 atom stereocenters. The fourth-order valence-electron chi connectivity index (χ4n) is 2.23. The van der Waals surface area contributed by atoms with Crippen LogP contribution in [0.25, 0.3) is 10.9 Å². The summed E-state index contributed by atoms with van der Waals surface area (Å²) in [6.45, 7) is 0. The highest BCUT2D eigenvalue weighted by atomic mass is 14.9. The Kier molecular flexibility index (Phi) is 3.50. The fourth-order valence-corrected chi connectivity index (χ4v) is 2.23. The Labute approximate surface area is 113 Å². The molecule has 0 saturated carbocycles. The van der Waals surface area contributed by atoms with Crippen LogP contribution in [0, 0.1) is 0 Å². The molecule has 0 aliphatic heterocycles. The van der Waals surface area contributed by atoms with Gasteiger partial charge in [-0.1, -0.05) is 48.5 Å². The van der Waals surface area contributed by atoms with Crippen LogP contribution >= 0.6 is 0 Å². The van der Waals surface area contributed by atoms with E-state index in [0.29, 0.717) is 0 Å². The van der Waals surface area contributed by atoms with E-state index in [0.717, 1.165) is 36.0 Å². The summed E-state index contributed by atoms with van der Waals surface area (Å²) in [5.41, 5.74) is 2.41. The van der Waals surface area contributed by atoms with Gasteiger partial charge in [0.05, 0.1) is 5.52 Å². The molecule has 0 amide bonds. The summed E-state index contributed by atoms with van der Waals surface area (Å²) in [7, 11) is 0. The number of aryl methyl sites for hydroxylation is 2. The number of rotatable bonds is 4. The van der Waals surface area contributed by atoms with Crippen molar-refractivity contribution in [2.45, 2.75) is 19.3 Å². The van der Waals surface area contributed by atoms with E-state index in [4.69, 9.17) is 0 Å². The van der Waals surface area contributed by atoms with Crippen LogP contribution in [-0.4, -0.2) is 9.97 Å². The van der Waals surface area contributed by atoms with Gasteiger partial charge in [0.1, 0.15) is 5.82 Å². The minimum Gasteiger partial charge on any atom is -0.241 e. The lowest BCUT2D eigenvalue weighted by atomic mass is 10.1. The zero-order chi connectivity index (χ0) is 12.9. The molecule has 0 unspecified atom stereocenters. The molecule has 0 N–H and O–H groups in total. The summed E-state index contributed by atoms with van der Waals surface area (Å²) in [4.78, 5) is 9.02. The van der Waals surface area contributed by atoms with Crippen molar-refractivity contribution in [3.63, 3.8) is 0 Å². The average molecular weight is 248 g/mol. The molecule has 0 saturated heterocycles. The molecule has 3 aromatic rings. The Morgan fingerprint density at radius 3 is 2.47 bits per heavy atom. The number of hydrogen-bond acceptors (Lipinski definition) is 2. The first-order valence-corrected chi connectivity index (χ1v) is 6.66. The minimum atomic E-state index is 0.930. The normalized spacial score (nSPS) is 10.7. The number of aromatic nitrogens is 2. The van der Waals surface area contributed by atoms with Crippen molar-refractivity contribution < 1.29 is 0 Å². The molecule has 19 heavy (non-hydrogen) atoms. The van der Waals surface area contributed by atoms with Gasteiger partial charge in [0.25, 0.3) is 0 Å². The molecule has 0 fully saturated rings. The van der Waals surface area contributed by atoms with Crippen LogP contribution < -0.4 is 0 Å². The maximum Gasteiger partial charge on any atom is 0.128 e. The Morgan fingerprint density at radius 1 is 0.789 bits per heavy atom. The molecule has 0 radical (unpaired) electrons. The van der Waals surface area contributed by atoms with Gasteiger partial charge in [0.2, 0.25) is 0 Å². The topological polar surface area (TPSA) is 25.8 Å². The zero-order valence-corrected chi connectivity index (χ0v) is 10.8. The SMILES string of the molecule is c1ccc(CCCc2ncc3ccccc3n2)cc1. The number of fused-ring (bicyclic) bond motifs is 1. The van der Waals surface area contributed by atoms with E-state index in [9.17, 15) is 0 Å². The monoisotopic (exact) mass is 248 g/mol. The molecule has 0 aliphatic carbocycles. The van der Waals surface area contributed by atoms with Crippen molar-refractivity contribution in [3.05, 3.63) is 72.2 Å². The molecular weight excluding hydrogens is 232 g/mol. The number of benzene rings is 2. The smallest absolute Gasteiger partial charge is 0.128 e. The Bertz CT molecular complexity index is 662. The van der Waals surface area contributed by atoms with E-state index < -0.39 is 0 Å². The van der Waals surface area contributed by atoms with Crippen molar-refractivity contribution in [2.24, 2.45) is 0 Å². The second kappa shape index (κ2) is 5.61. The van der Waals surface area contributed by atoms with E-state index in [2.05, 4.69) is 40.3 Å². The number of para-hydroxylation sites is 1. The molecule has 1 aromatic heterocycles. The lowest BCUT2D eigenvalue weighted by Crippen LogP contribution is -1.96. The summed E-state index contributed by atoms with van der Waals surface area (Å²) < 4.78 is 0. The van der Waals surface area contributed by atoms with Gasteiger partial charge in [-0.25, -0.2) is 9.97 Å². The molecule has 2 heteroatoms. The molecule has 0 spiro atoms. The molecule has 0 bridgehead atoms. The molecule has 0 aliphatic rings. The van der Waals surface area contributed by atoms with E-state index >= 15 is 0 Å². The van der Waals surface area contributed by atoms with E-state index in [1.807, 2.05) is 30.5 Å². The Morgan fingerprint density at radius 2 is 1.58 bits per heavy atom. The van der Waals surface area contributed by atoms with Crippen LogP contribution in [0.1, 0.15) is 17.8 Å². The van der Waals surface area contributed by atoms with Crippen molar-refractivity contribution in [1.82, 2.24) is 9.97 Å². The summed E-state index contributed by atoms with van der Waals surface area (Å²) in [6.07, 6.45) is 5.01. The fraction of sp³-hybridized carbons (Fsp3) is 0.176. The average Bonchev–Trinajstić information content (AvgIpc) is 2.48. The first-order valence-electron chi connectivity index (χ1n) is 6.66. The molecule has 2 aromatic carbocycles. The highest BCUT2D eigenvalue weighted by Gasteiger charge is 2.00. The molecule has 2 nitrogen and oxygen atoms in total. The zero-order valence-electron chi connectivity index (χ0n) is 10.8. The summed E-state index contributed by atoms with van der Waals surface area (Å²) >= 11 is 0. The van der Waals surface area contributed by atoms with Crippen molar-refractivity contribution >= 4 is 10.9 Å². The highest BCUT2D eigenvalue weighted by molar-refractivity contribution is 5.77. The molecule has 1 heterocycles. The van der Waals surface area contributed by atoms with Gasteiger partial charge in [-0.05, 0) is 24.5 Å². The van der Waals surface area contributed by atoms with Crippen molar-refractivity contribution in [3.8, 4) is 0 Å². The minimum absolute atomic E-state index is 0.930. The lowest BCUT2D eigenvalue weighted by Gasteiger charge is -2.02. The van der Waals surface area contributed by atoms with E-state index in [1.165, 1.54) is 5.56 Å². The molecular formula is C17H16N2. The van der Waals surface area contributed by atoms with Gasteiger partial charge in [0.15, 0.2) is 0 Å². The van der Waals surface area contributed by atoms with Crippen LogP contribution in [0.3, 0.4) is 0 Å². The Hall–Kier alpha value is -2.22. The maximum atomic E-state index is 4.60. The highest BCUT2D eigenvalue weighted by Crippen LogP contribution is 2.11. The van der Waals surface area contributed by atoms with Crippen LogP contribution in [0.2, 0.25) is 0 Å². The first kappa shape index (κ1) is 11.8. The third-order valence-electron chi connectivity index (χ3n) is 3.25. The Balaban J connectivity index is 1.65. The number of nitrogens with zero attached hydrogens (tertiary/aromatic N) is 2. The predicted octanol–water partition coefficient (Wildman–Crippen LogP) is 3.81. The second-order valence-corrected chi connectivity index (χ2v) is 4.68.